The molecule has 2 amide bonds. The number of pyridine rings is 1. The van der Waals surface area contributed by atoms with Gasteiger partial charge in [-0.2, -0.15) is 11.8 Å². The van der Waals surface area contributed by atoms with Crippen LogP contribution in [0.3, 0.4) is 0 Å². The van der Waals surface area contributed by atoms with Gasteiger partial charge in [0.05, 0.1) is 11.9 Å². The highest BCUT2D eigenvalue weighted by molar-refractivity contribution is 7.99. The van der Waals surface area contributed by atoms with Crippen molar-refractivity contribution in [1.82, 2.24) is 9.88 Å². The number of aryl methyl sites for hydroxylation is 1. The number of carboxylic acids is 1. The van der Waals surface area contributed by atoms with Crippen LogP contribution in [0.25, 0.3) is 0 Å². The molecule has 0 saturated carbocycles. The Labute approximate surface area is 115 Å². The summed E-state index contributed by atoms with van der Waals surface area (Å²) in [4.78, 5) is 28.6. The van der Waals surface area contributed by atoms with Gasteiger partial charge in [-0.05, 0) is 18.6 Å². The van der Waals surface area contributed by atoms with E-state index in [9.17, 15) is 9.59 Å². The number of amides is 2. The Morgan fingerprint density at radius 3 is 3.00 bits per heavy atom. The first kappa shape index (κ1) is 13.7. The third-order valence-corrected chi connectivity index (χ3v) is 3.82. The minimum absolute atomic E-state index is 0.389. The van der Waals surface area contributed by atoms with Crippen LogP contribution < -0.4 is 5.32 Å². The molecule has 1 aliphatic heterocycles. The smallest absolute Gasteiger partial charge is 0.327 e. The lowest BCUT2D eigenvalue weighted by atomic mass is 10.2. The van der Waals surface area contributed by atoms with Gasteiger partial charge in [-0.25, -0.2) is 9.59 Å². The van der Waals surface area contributed by atoms with Crippen molar-refractivity contribution in [2.45, 2.75) is 13.0 Å². The molecule has 1 aromatic heterocycles. The van der Waals surface area contributed by atoms with Gasteiger partial charge in [0, 0.05) is 24.2 Å². The number of carbonyl (C=O) groups excluding carboxylic acids is 1. The Bertz CT molecular complexity index is 495. The second kappa shape index (κ2) is 5.92. The highest BCUT2D eigenvalue weighted by Crippen LogP contribution is 2.18. The van der Waals surface area contributed by atoms with Crippen molar-refractivity contribution in [3.8, 4) is 0 Å². The van der Waals surface area contributed by atoms with E-state index in [1.807, 2.05) is 6.92 Å². The molecule has 1 atom stereocenters. The van der Waals surface area contributed by atoms with E-state index in [4.69, 9.17) is 5.11 Å². The fourth-order valence-electron chi connectivity index (χ4n) is 1.87. The first-order valence-electron chi connectivity index (χ1n) is 5.88. The predicted octanol–water partition coefficient (Wildman–Crippen LogP) is 1.42. The molecule has 1 aliphatic rings. The van der Waals surface area contributed by atoms with Gasteiger partial charge in [-0.3, -0.25) is 4.98 Å². The van der Waals surface area contributed by atoms with Crippen LogP contribution in [-0.4, -0.2) is 51.1 Å². The largest absolute Gasteiger partial charge is 0.480 e. The van der Waals surface area contributed by atoms with Gasteiger partial charge in [0.2, 0.25) is 0 Å². The van der Waals surface area contributed by atoms with Crippen LogP contribution in [0.2, 0.25) is 0 Å². The fourth-order valence-corrected chi connectivity index (χ4v) is 2.91. The summed E-state index contributed by atoms with van der Waals surface area (Å²) in [6.07, 6.45) is 3.23. The first-order valence-corrected chi connectivity index (χ1v) is 7.03. The lowest BCUT2D eigenvalue weighted by Crippen LogP contribution is -2.51. The summed E-state index contributed by atoms with van der Waals surface area (Å²) in [5.74, 6) is 0.211. The zero-order chi connectivity index (χ0) is 13.8. The maximum atomic E-state index is 12.1. The molecule has 2 heterocycles. The number of carboxylic acid groups (broad SMARTS) is 1. The van der Waals surface area contributed by atoms with E-state index in [1.54, 1.807) is 30.2 Å². The average molecular weight is 281 g/mol. The van der Waals surface area contributed by atoms with E-state index in [-0.39, 0.29) is 6.03 Å². The van der Waals surface area contributed by atoms with Crippen molar-refractivity contribution < 1.29 is 14.7 Å². The molecule has 7 heteroatoms. The van der Waals surface area contributed by atoms with Crippen molar-refractivity contribution in [3.63, 3.8) is 0 Å². The minimum Gasteiger partial charge on any atom is -0.480 e. The molecule has 1 saturated heterocycles. The van der Waals surface area contributed by atoms with Crippen LogP contribution in [-0.2, 0) is 4.79 Å². The van der Waals surface area contributed by atoms with Gasteiger partial charge in [0.15, 0.2) is 0 Å². The topological polar surface area (TPSA) is 82.5 Å². The predicted molar refractivity (Wildman–Crippen MR) is 73.4 cm³/mol. The first-order chi connectivity index (χ1) is 9.08. The minimum atomic E-state index is -0.968. The molecule has 19 heavy (non-hydrogen) atoms. The molecule has 1 unspecified atom stereocenters. The second-order valence-electron chi connectivity index (χ2n) is 4.30. The van der Waals surface area contributed by atoms with E-state index in [2.05, 4.69) is 10.3 Å². The SMILES string of the molecule is Cc1cncc(NC(=O)N2CCSCC2C(=O)O)c1. The molecule has 6 nitrogen and oxygen atoms in total. The van der Waals surface area contributed by atoms with Crippen LogP contribution >= 0.6 is 11.8 Å². The number of nitrogens with zero attached hydrogens (tertiary/aromatic N) is 2. The number of anilines is 1. The van der Waals surface area contributed by atoms with Crippen LogP contribution in [0.1, 0.15) is 5.56 Å². The zero-order valence-corrected chi connectivity index (χ0v) is 11.3. The standard InChI is InChI=1S/C12H15N3O3S/c1-8-4-9(6-13-5-8)14-12(18)15-2-3-19-7-10(15)11(16)17/h4-6,10H,2-3,7H2,1H3,(H,14,18)(H,16,17). The van der Waals surface area contributed by atoms with E-state index in [1.165, 1.54) is 4.90 Å². The zero-order valence-electron chi connectivity index (χ0n) is 10.5. The normalized spacial score (nSPS) is 19.0. The summed E-state index contributed by atoms with van der Waals surface area (Å²) < 4.78 is 0. The van der Waals surface area contributed by atoms with Crippen molar-refractivity contribution >= 4 is 29.4 Å². The van der Waals surface area contributed by atoms with Gasteiger partial charge in [0.25, 0.3) is 0 Å². The van der Waals surface area contributed by atoms with Gasteiger partial charge in [-0.1, -0.05) is 0 Å². The van der Waals surface area contributed by atoms with Crippen LogP contribution in [0.5, 0.6) is 0 Å². The molecular formula is C12H15N3O3S. The Balaban J connectivity index is 2.07. The highest BCUT2D eigenvalue weighted by Gasteiger charge is 2.32. The number of rotatable bonds is 2. The number of aromatic nitrogens is 1. The Morgan fingerprint density at radius 1 is 1.53 bits per heavy atom. The molecule has 0 radical (unpaired) electrons. The lowest BCUT2D eigenvalue weighted by Gasteiger charge is -2.32. The molecule has 2 rings (SSSR count). The number of urea groups is 1. The summed E-state index contributed by atoms with van der Waals surface area (Å²) >= 11 is 1.55. The third-order valence-electron chi connectivity index (χ3n) is 2.80. The fraction of sp³-hybridized carbons (Fsp3) is 0.417. The van der Waals surface area contributed by atoms with Crippen LogP contribution in [0.4, 0.5) is 10.5 Å². The molecule has 0 aromatic carbocycles. The third kappa shape index (κ3) is 3.37. The van der Waals surface area contributed by atoms with Crippen LogP contribution in [0.15, 0.2) is 18.5 Å². The van der Waals surface area contributed by atoms with Crippen molar-refractivity contribution in [2.24, 2.45) is 0 Å². The number of hydrogen-bond acceptors (Lipinski definition) is 4. The maximum absolute atomic E-state index is 12.1. The van der Waals surface area contributed by atoms with E-state index < -0.39 is 12.0 Å². The summed E-state index contributed by atoms with van der Waals surface area (Å²) in [5.41, 5.74) is 1.51. The van der Waals surface area contributed by atoms with Gasteiger partial charge >= 0.3 is 12.0 Å². The van der Waals surface area contributed by atoms with Crippen molar-refractivity contribution in [2.75, 3.05) is 23.4 Å². The highest BCUT2D eigenvalue weighted by atomic mass is 32.2. The number of hydrogen-bond donors (Lipinski definition) is 2. The lowest BCUT2D eigenvalue weighted by molar-refractivity contribution is -0.141. The quantitative estimate of drug-likeness (QED) is 0.856. The molecule has 1 fully saturated rings. The average Bonchev–Trinajstić information content (AvgIpc) is 2.38. The van der Waals surface area contributed by atoms with Gasteiger partial charge in [0.1, 0.15) is 6.04 Å². The van der Waals surface area contributed by atoms with Crippen LogP contribution in [0, 0.1) is 6.92 Å². The number of thioether (sulfide) groups is 1. The van der Waals surface area contributed by atoms with Gasteiger partial charge in [-0.15, -0.1) is 0 Å². The monoisotopic (exact) mass is 281 g/mol. The Kier molecular flexibility index (Phi) is 4.26. The second-order valence-corrected chi connectivity index (χ2v) is 5.45. The molecule has 2 N–H and O–H groups in total. The molecule has 102 valence electrons. The van der Waals surface area contributed by atoms with E-state index >= 15 is 0 Å². The number of aliphatic carboxylic acids is 1. The molecule has 0 spiro atoms. The van der Waals surface area contributed by atoms with Gasteiger partial charge < -0.3 is 15.3 Å². The summed E-state index contributed by atoms with van der Waals surface area (Å²) in [5, 5.41) is 11.8. The summed E-state index contributed by atoms with van der Waals surface area (Å²) in [6.45, 7) is 2.31. The van der Waals surface area contributed by atoms with E-state index in [0.29, 0.717) is 18.0 Å². The number of carbonyl (C=O) groups is 2. The molecular weight excluding hydrogens is 266 g/mol. The summed E-state index contributed by atoms with van der Waals surface area (Å²) in [6, 6.07) is 0.635. The molecule has 0 aliphatic carbocycles. The van der Waals surface area contributed by atoms with Crippen molar-refractivity contribution in [3.05, 3.63) is 24.0 Å². The van der Waals surface area contributed by atoms with E-state index in [0.717, 1.165) is 11.3 Å². The molecule has 1 aromatic rings. The number of nitrogens with one attached hydrogen (secondary N) is 1. The van der Waals surface area contributed by atoms with Crippen molar-refractivity contribution in [1.29, 1.82) is 0 Å². The Morgan fingerprint density at radius 2 is 2.32 bits per heavy atom. The Hall–Kier alpha value is -1.76. The molecule has 0 bridgehead atoms. The maximum Gasteiger partial charge on any atom is 0.327 e. The summed E-state index contributed by atoms with van der Waals surface area (Å²) in [7, 11) is 0.